The van der Waals surface area contributed by atoms with Gasteiger partial charge in [-0.05, 0) is 118 Å². The molecule has 18 heteroatoms. The molecule has 14 nitrogen and oxygen atoms in total. The van der Waals surface area contributed by atoms with Crippen LogP contribution in [-0.2, 0) is 19.0 Å². The first kappa shape index (κ1) is 46.5. The summed E-state index contributed by atoms with van der Waals surface area (Å²) in [5.74, 6) is -1.16. The van der Waals surface area contributed by atoms with Crippen molar-refractivity contribution in [3.8, 4) is 23.2 Å². The first-order valence-corrected chi connectivity index (χ1v) is 22.0. The predicted molar refractivity (Wildman–Crippen MR) is 235 cm³/mol. The van der Waals surface area contributed by atoms with Gasteiger partial charge in [0.1, 0.15) is 39.4 Å². The number of nitrogens with one attached hydrogen (secondary N) is 1. The SMILES string of the molecule is CCOC(=O)CCCCN1CCC1.COc1nc(N2CC3CCC(C2)N3C(=O)OC(C)(C)C)c2cc(Cl)c(-c3ccc(F)c4sc(NC(=O)OC(C)(C)C)c(C#N)c34)c(F)c2n1. The van der Waals surface area contributed by atoms with Crippen LogP contribution >= 0.6 is 22.9 Å². The van der Waals surface area contributed by atoms with Gasteiger partial charge in [0.15, 0.2) is 5.82 Å². The highest BCUT2D eigenvalue weighted by Gasteiger charge is 2.45. The zero-order chi connectivity index (χ0) is 45.1. The van der Waals surface area contributed by atoms with E-state index in [2.05, 4.69) is 20.2 Å². The highest BCUT2D eigenvalue weighted by molar-refractivity contribution is 7.23. The molecule has 3 aliphatic rings. The van der Waals surface area contributed by atoms with E-state index in [4.69, 9.17) is 30.5 Å². The lowest BCUT2D eigenvalue weighted by Gasteiger charge is -2.42. The molecule has 7 rings (SSSR count). The molecule has 0 spiro atoms. The molecule has 3 aliphatic heterocycles. The van der Waals surface area contributed by atoms with Crippen LogP contribution < -0.4 is 15.0 Å². The number of carbonyl (C=O) groups is 3. The van der Waals surface area contributed by atoms with E-state index in [1.54, 1.807) is 31.7 Å². The molecule has 1 N–H and O–H groups in total. The fraction of sp³-hybridized carbons (Fsp3) is 0.545. The average Bonchev–Trinajstić information content (AvgIpc) is 3.67. The number of anilines is 2. The van der Waals surface area contributed by atoms with Gasteiger partial charge in [-0.1, -0.05) is 17.7 Å². The van der Waals surface area contributed by atoms with Crippen molar-refractivity contribution in [2.75, 3.05) is 56.7 Å². The monoisotopic (exact) mass is 897 g/mol. The lowest BCUT2D eigenvalue weighted by molar-refractivity contribution is -0.143. The summed E-state index contributed by atoms with van der Waals surface area (Å²) in [4.78, 5) is 51.7. The molecule has 2 aromatic carbocycles. The maximum Gasteiger partial charge on any atom is 0.412 e. The Morgan fingerprint density at radius 2 is 1.69 bits per heavy atom. The molecule has 3 fully saturated rings. The van der Waals surface area contributed by atoms with Crippen molar-refractivity contribution in [1.82, 2.24) is 19.8 Å². The maximum absolute atomic E-state index is 16.9. The Labute approximate surface area is 369 Å². The number of fused-ring (bicyclic) bond motifs is 4. The Morgan fingerprint density at radius 3 is 2.27 bits per heavy atom. The molecular weight excluding hydrogens is 844 g/mol. The van der Waals surface area contributed by atoms with E-state index in [9.17, 15) is 19.6 Å². The molecule has 0 saturated carbocycles. The number of hydrogen-bond acceptors (Lipinski definition) is 13. The Bertz CT molecular complexity index is 2360. The summed E-state index contributed by atoms with van der Waals surface area (Å²) in [6.45, 7) is 17.4. The minimum atomic E-state index is -0.830. The third-order valence-electron chi connectivity index (χ3n) is 10.6. The molecule has 2 bridgehead atoms. The fourth-order valence-electron chi connectivity index (χ4n) is 7.84. The summed E-state index contributed by atoms with van der Waals surface area (Å²) in [7, 11) is 1.37. The van der Waals surface area contributed by atoms with Crippen molar-refractivity contribution in [2.24, 2.45) is 0 Å². The smallest absolute Gasteiger partial charge is 0.412 e. The summed E-state index contributed by atoms with van der Waals surface area (Å²) in [5, 5.41) is 13.1. The van der Waals surface area contributed by atoms with Gasteiger partial charge in [-0.3, -0.25) is 15.0 Å². The number of benzene rings is 2. The number of nitriles is 1. The van der Waals surface area contributed by atoms with Gasteiger partial charge in [-0.25, -0.2) is 18.4 Å². The van der Waals surface area contributed by atoms with E-state index in [0.717, 1.165) is 49.6 Å². The van der Waals surface area contributed by atoms with Crippen molar-refractivity contribution in [1.29, 1.82) is 5.26 Å². The van der Waals surface area contributed by atoms with E-state index in [-0.39, 0.29) is 72.5 Å². The molecule has 3 saturated heterocycles. The van der Waals surface area contributed by atoms with Gasteiger partial charge in [-0.2, -0.15) is 15.2 Å². The molecule has 0 aliphatic carbocycles. The summed E-state index contributed by atoms with van der Waals surface area (Å²) in [5.41, 5.74) is -1.61. The zero-order valence-corrected chi connectivity index (χ0v) is 38.0. The minimum Gasteiger partial charge on any atom is -0.467 e. The number of methoxy groups -OCH3 is 1. The van der Waals surface area contributed by atoms with Crippen LogP contribution in [0.4, 0.5) is 29.2 Å². The molecule has 62 heavy (non-hydrogen) atoms. The first-order chi connectivity index (χ1) is 29.3. The summed E-state index contributed by atoms with van der Waals surface area (Å²) < 4.78 is 53.3. The Kier molecular flexibility index (Phi) is 14.3. The number of ether oxygens (including phenoxy) is 4. The molecule has 2 amide bonds. The van der Waals surface area contributed by atoms with E-state index in [1.165, 1.54) is 32.7 Å². The molecular formula is C44H54ClF2N7O7S. The first-order valence-electron chi connectivity index (χ1n) is 20.9. The van der Waals surface area contributed by atoms with Gasteiger partial charge in [0.05, 0.1) is 41.1 Å². The summed E-state index contributed by atoms with van der Waals surface area (Å²) in [6, 6.07) is 5.67. The van der Waals surface area contributed by atoms with Gasteiger partial charge in [0.25, 0.3) is 0 Å². The highest BCUT2D eigenvalue weighted by atomic mass is 35.5. The number of esters is 1. The van der Waals surface area contributed by atoms with Gasteiger partial charge in [-0.15, -0.1) is 11.3 Å². The van der Waals surface area contributed by atoms with Crippen LogP contribution in [0.15, 0.2) is 18.2 Å². The number of amides is 2. The minimum absolute atomic E-state index is 0.0231. The van der Waals surface area contributed by atoms with Crippen LogP contribution in [0, 0.1) is 23.0 Å². The second kappa shape index (κ2) is 19.1. The second-order valence-corrected chi connectivity index (χ2v) is 18.9. The Morgan fingerprint density at radius 1 is 1.02 bits per heavy atom. The standard InChI is InChI=1S/C34H35ClF2N6O5S.C10H19NO2/c1-33(2,3)47-31(44)41-29-20(13-38)23-18(10-11-22(36)27(23)49-29)24-21(35)12-19-26(25(24)37)39-30(46-7)40-28(19)42-14-16-8-9-17(15-42)43(16)32(45)48-34(4,5)6;1-2-13-10(12)6-3-4-7-11-8-5-9-11/h10-12,16-17H,8-9,14-15H2,1-7H3,(H,41,44);2-9H2,1H3. The van der Waals surface area contributed by atoms with Crippen molar-refractivity contribution in [3.05, 3.63) is 40.4 Å². The Balaban J connectivity index is 0.000000423. The number of rotatable bonds is 10. The van der Waals surface area contributed by atoms with Gasteiger partial charge in [0.2, 0.25) is 0 Å². The number of nitrogens with zero attached hydrogens (tertiary/aromatic N) is 6. The van der Waals surface area contributed by atoms with Crippen molar-refractivity contribution < 1.29 is 42.1 Å². The van der Waals surface area contributed by atoms with Crippen LogP contribution in [0.3, 0.4) is 0 Å². The largest absolute Gasteiger partial charge is 0.467 e. The van der Waals surface area contributed by atoms with Crippen molar-refractivity contribution in [2.45, 2.75) is 110 Å². The number of halogens is 3. The number of aromatic nitrogens is 2. The van der Waals surface area contributed by atoms with Gasteiger partial charge in [0, 0.05) is 35.8 Å². The lowest BCUT2D eigenvalue weighted by Crippen LogP contribution is -2.57. The number of likely N-dealkylation sites (tertiary alicyclic amines) is 1. The van der Waals surface area contributed by atoms with E-state index < -0.39 is 28.9 Å². The molecule has 0 radical (unpaired) electrons. The van der Waals surface area contributed by atoms with Gasteiger partial charge < -0.3 is 28.7 Å². The van der Waals surface area contributed by atoms with Crippen LogP contribution in [-0.4, -0.2) is 108 Å². The van der Waals surface area contributed by atoms with Crippen molar-refractivity contribution >= 4 is 72.9 Å². The highest BCUT2D eigenvalue weighted by Crippen LogP contribution is 2.47. The van der Waals surface area contributed by atoms with Crippen molar-refractivity contribution in [3.63, 3.8) is 0 Å². The third kappa shape index (κ3) is 10.6. The molecule has 2 atom stereocenters. The Hall–Kier alpha value is -5.05. The number of thiophene rings is 1. The van der Waals surface area contributed by atoms with Crippen LogP contribution in [0.1, 0.15) is 92.6 Å². The van der Waals surface area contributed by atoms with E-state index in [0.29, 0.717) is 37.3 Å². The quantitative estimate of drug-likeness (QED) is 0.0914. The number of unbranched alkanes of at least 4 members (excludes halogenated alkanes) is 1. The van der Waals surface area contributed by atoms with Crippen LogP contribution in [0.25, 0.3) is 32.1 Å². The topological polar surface area (TPSA) is 159 Å². The summed E-state index contributed by atoms with van der Waals surface area (Å²) >= 11 is 7.67. The average molecular weight is 898 g/mol. The maximum atomic E-state index is 16.9. The zero-order valence-electron chi connectivity index (χ0n) is 36.5. The molecule has 2 aromatic heterocycles. The second-order valence-electron chi connectivity index (χ2n) is 17.5. The molecule has 4 aromatic rings. The van der Waals surface area contributed by atoms with E-state index >= 15 is 8.78 Å². The summed E-state index contributed by atoms with van der Waals surface area (Å²) in [6.07, 6.45) is 4.36. The lowest BCUT2D eigenvalue weighted by atomic mass is 9.97. The predicted octanol–water partition coefficient (Wildman–Crippen LogP) is 9.68. The van der Waals surface area contributed by atoms with Crippen LogP contribution in [0.2, 0.25) is 5.02 Å². The molecule has 5 heterocycles. The number of carbonyl (C=O) groups excluding carboxylic acids is 3. The molecule has 334 valence electrons. The number of piperazine rings is 1. The normalized spacial score (nSPS) is 17.5. The third-order valence-corrected chi connectivity index (χ3v) is 12.0. The van der Waals surface area contributed by atoms with Crippen LogP contribution in [0.5, 0.6) is 6.01 Å². The van der Waals surface area contributed by atoms with Gasteiger partial charge >= 0.3 is 24.2 Å². The fourth-order valence-corrected chi connectivity index (χ4v) is 9.20. The number of hydrogen-bond donors (Lipinski definition) is 1. The molecule has 2 unspecified atom stereocenters. The van der Waals surface area contributed by atoms with E-state index in [1.807, 2.05) is 38.7 Å².